The number of allylic oxidation sites excluding steroid dienone is 1. The van der Waals surface area contributed by atoms with Crippen molar-refractivity contribution in [3.63, 3.8) is 0 Å². The van der Waals surface area contributed by atoms with Crippen LogP contribution in [0.4, 0.5) is 4.39 Å². The third-order valence-corrected chi connectivity index (χ3v) is 6.72. The number of benzene rings is 3. The van der Waals surface area contributed by atoms with Crippen molar-refractivity contribution in [2.24, 2.45) is 5.92 Å². The minimum Gasteiger partial charge on any atom is -0.497 e. The fourth-order valence-electron chi connectivity index (χ4n) is 4.56. The van der Waals surface area contributed by atoms with E-state index in [1.54, 1.807) is 37.4 Å². The lowest BCUT2D eigenvalue weighted by Crippen LogP contribution is -2.01. The molecule has 0 amide bonds. The molecule has 0 bridgehead atoms. The molecule has 1 heterocycles. The summed E-state index contributed by atoms with van der Waals surface area (Å²) in [6.45, 7) is 0. The Labute approximate surface area is 217 Å². The van der Waals surface area contributed by atoms with Crippen molar-refractivity contribution >= 4 is 45.7 Å². The molecular weight excluding hydrogens is 493 g/mol. The van der Waals surface area contributed by atoms with Gasteiger partial charge in [0.05, 0.1) is 28.6 Å². The van der Waals surface area contributed by atoms with Gasteiger partial charge in [0.25, 0.3) is 0 Å². The Kier molecular flexibility index (Phi) is 6.51. The first kappa shape index (κ1) is 24.3. The summed E-state index contributed by atoms with van der Waals surface area (Å²) < 4.78 is 20.0. The number of aromatic nitrogens is 2. The Morgan fingerprint density at radius 3 is 2.54 bits per heavy atom. The number of aliphatic carboxylic acids is 1. The van der Waals surface area contributed by atoms with Gasteiger partial charge in [0.15, 0.2) is 0 Å². The molecule has 8 heteroatoms. The number of aromatic amines is 1. The average Bonchev–Trinajstić information content (AvgIpc) is 3.68. The molecule has 3 aromatic carbocycles. The molecule has 4 aromatic rings. The van der Waals surface area contributed by atoms with Crippen LogP contribution in [0.15, 0.2) is 60.7 Å². The number of carboxylic acid groups (broad SMARTS) is 1. The second kappa shape index (κ2) is 9.92. The van der Waals surface area contributed by atoms with Crippen molar-refractivity contribution in [2.75, 3.05) is 7.11 Å². The minimum absolute atomic E-state index is 0.134. The highest BCUT2D eigenvalue weighted by Crippen LogP contribution is 2.50. The van der Waals surface area contributed by atoms with E-state index in [0.717, 1.165) is 41.2 Å². The van der Waals surface area contributed by atoms with Crippen LogP contribution >= 0.6 is 11.6 Å². The number of nitriles is 1. The van der Waals surface area contributed by atoms with Crippen LogP contribution < -0.4 is 4.74 Å². The van der Waals surface area contributed by atoms with Crippen molar-refractivity contribution < 1.29 is 19.0 Å². The third-order valence-electron chi connectivity index (χ3n) is 6.41. The molecule has 0 radical (unpaired) electrons. The minimum atomic E-state index is -1.04. The van der Waals surface area contributed by atoms with E-state index in [2.05, 4.69) is 16.3 Å². The van der Waals surface area contributed by atoms with Gasteiger partial charge in [0.1, 0.15) is 11.8 Å². The number of halogens is 2. The van der Waals surface area contributed by atoms with Crippen molar-refractivity contribution in [3.8, 4) is 11.8 Å². The van der Waals surface area contributed by atoms with E-state index in [1.807, 2.05) is 24.3 Å². The molecule has 1 aliphatic rings. The van der Waals surface area contributed by atoms with Gasteiger partial charge in [-0.1, -0.05) is 41.9 Å². The Morgan fingerprint density at radius 2 is 1.92 bits per heavy atom. The summed E-state index contributed by atoms with van der Waals surface area (Å²) >= 11 is 6.75. The quantitative estimate of drug-likeness (QED) is 0.211. The molecule has 0 saturated heterocycles. The first-order valence-corrected chi connectivity index (χ1v) is 12.0. The topological polar surface area (TPSA) is 99.0 Å². The zero-order valence-electron chi connectivity index (χ0n) is 19.8. The van der Waals surface area contributed by atoms with Crippen molar-refractivity contribution in [2.45, 2.75) is 12.8 Å². The standard InChI is InChI=1S/C29H21ClFN3O3/c1-37-19-9-10-21(23(30)14-19)27(18-7-8-18)26(17-5-2-16(3-6-17)4-13-25(35)36)20-11-12-24-28(22(20)15-32)29(31)34-33-24/h2-6,9-14,18H,7-8H2,1H3,(H,33,34)(H,35,36)/b13-4+,27-26+. The average molecular weight is 514 g/mol. The number of rotatable bonds is 7. The van der Waals surface area contributed by atoms with Gasteiger partial charge in [-0.2, -0.15) is 9.65 Å². The molecular formula is C29H21ClFN3O3. The Hall–Kier alpha value is -4.41. The summed E-state index contributed by atoms with van der Waals surface area (Å²) in [6, 6.07) is 18.5. The van der Waals surface area contributed by atoms with E-state index in [0.29, 0.717) is 27.4 Å². The van der Waals surface area contributed by atoms with Gasteiger partial charge in [0.2, 0.25) is 5.95 Å². The molecule has 37 heavy (non-hydrogen) atoms. The number of hydrogen-bond acceptors (Lipinski definition) is 4. The van der Waals surface area contributed by atoms with Gasteiger partial charge in [-0.3, -0.25) is 5.10 Å². The number of methoxy groups -OCH3 is 1. The number of carboxylic acids is 1. The maximum Gasteiger partial charge on any atom is 0.328 e. The summed E-state index contributed by atoms with van der Waals surface area (Å²) in [4.78, 5) is 10.9. The van der Waals surface area contributed by atoms with E-state index in [9.17, 15) is 14.4 Å². The van der Waals surface area contributed by atoms with Crippen LogP contribution in [0.5, 0.6) is 5.75 Å². The fraction of sp³-hybridized carbons (Fsp3) is 0.138. The van der Waals surface area contributed by atoms with E-state index in [4.69, 9.17) is 21.4 Å². The second-order valence-electron chi connectivity index (χ2n) is 8.74. The van der Waals surface area contributed by atoms with Crippen LogP contribution in [-0.4, -0.2) is 28.4 Å². The van der Waals surface area contributed by atoms with Gasteiger partial charge in [0, 0.05) is 11.6 Å². The number of H-pyrrole nitrogens is 1. The molecule has 0 atom stereocenters. The molecule has 0 unspecified atom stereocenters. The van der Waals surface area contributed by atoms with Crippen molar-refractivity contribution in [1.29, 1.82) is 5.26 Å². The van der Waals surface area contributed by atoms with Crippen LogP contribution in [0.1, 0.15) is 40.7 Å². The predicted molar refractivity (Wildman–Crippen MR) is 141 cm³/mol. The number of carbonyl (C=O) groups is 1. The number of fused-ring (bicyclic) bond motifs is 1. The van der Waals surface area contributed by atoms with Crippen LogP contribution in [-0.2, 0) is 4.79 Å². The lowest BCUT2D eigenvalue weighted by Gasteiger charge is -2.20. The molecule has 1 aromatic heterocycles. The molecule has 1 fully saturated rings. The Balaban J connectivity index is 1.82. The molecule has 6 nitrogen and oxygen atoms in total. The highest BCUT2D eigenvalue weighted by molar-refractivity contribution is 6.33. The largest absolute Gasteiger partial charge is 0.497 e. The van der Waals surface area contributed by atoms with Gasteiger partial charge >= 0.3 is 5.97 Å². The lowest BCUT2D eigenvalue weighted by atomic mass is 9.84. The van der Waals surface area contributed by atoms with Crippen molar-refractivity contribution in [3.05, 3.63) is 99.5 Å². The van der Waals surface area contributed by atoms with E-state index in [1.165, 1.54) is 6.08 Å². The van der Waals surface area contributed by atoms with Gasteiger partial charge in [-0.25, -0.2) is 4.79 Å². The summed E-state index contributed by atoms with van der Waals surface area (Å²) in [7, 11) is 1.57. The molecule has 0 aliphatic heterocycles. The molecule has 0 spiro atoms. The zero-order chi connectivity index (χ0) is 26.1. The number of nitrogens with one attached hydrogen (secondary N) is 1. The third kappa shape index (κ3) is 4.72. The Morgan fingerprint density at radius 1 is 1.19 bits per heavy atom. The number of nitrogens with zero attached hydrogens (tertiary/aromatic N) is 2. The van der Waals surface area contributed by atoms with Crippen LogP contribution in [0, 0.1) is 23.2 Å². The highest BCUT2D eigenvalue weighted by atomic mass is 35.5. The first-order chi connectivity index (χ1) is 17.9. The van der Waals surface area contributed by atoms with Crippen molar-refractivity contribution in [1.82, 2.24) is 10.2 Å². The first-order valence-electron chi connectivity index (χ1n) is 11.6. The maximum absolute atomic E-state index is 14.7. The van der Waals surface area contributed by atoms with Crippen LogP contribution in [0.2, 0.25) is 5.02 Å². The highest BCUT2D eigenvalue weighted by Gasteiger charge is 2.33. The molecule has 2 N–H and O–H groups in total. The van der Waals surface area contributed by atoms with E-state index in [-0.39, 0.29) is 16.9 Å². The van der Waals surface area contributed by atoms with Gasteiger partial charge in [-0.05, 0) is 76.9 Å². The zero-order valence-corrected chi connectivity index (χ0v) is 20.5. The smallest absolute Gasteiger partial charge is 0.328 e. The molecule has 5 rings (SSSR count). The molecule has 1 aliphatic carbocycles. The normalized spacial score (nSPS) is 14.0. The van der Waals surface area contributed by atoms with E-state index >= 15 is 0 Å². The van der Waals surface area contributed by atoms with Crippen LogP contribution in [0.25, 0.3) is 28.1 Å². The fourth-order valence-corrected chi connectivity index (χ4v) is 4.83. The van der Waals surface area contributed by atoms with Gasteiger partial charge in [-0.15, -0.1) is 5.10 Å². The monoisotopic (exact) mass is 513 g/mol. The lowest BCUT2D eigenvalue weighted by molar-refractivity contribution is -0.131. The predicted octanol–water partition coefficient (Wildman–Crippen LogP) is 6.70. The summed E-state index contributed by atoms with van der Waals surface area (Å²) in [5, 5.41) is 26.1. The Bertz CT molecular complexity index is 1630. The second-order valence-corrected chi connectivity index (χ2v) is 9.15. The summed E-state index contributed by atoms with van der Waals surface area (Å²) in [5.41, 5.74) is 5.21. The van der Waals surface area contributed by atoms with Crippen LogP contribution in [0.3, 0.4) is 0 Å². The number of hydrogen-bond donors (Lipinski definition) is 2. The number of ether oxygens (including phenoxy) is 1. The molecule has 1 saturated carbocycles. The maximum atomic E-state index is 14.7. The van der Waals surface area contributed by atoms with E-state index < -0.39 is 11.9 Å². The SMILES string of the molecule is COc1ccc(/C(=C(\c2ccc(/C=C/C(=O)O)cc2)c2ccc3[nH]nc(F)c3c2C#N)C2CC2)c(Cl)c1. The van der Waals surface area contributed by atoms with Gasteiger partial charge < -0.3 is 9.84 Å². The summed E-state index contributed by atoms with van der Waals surface area (Å²) in [5.74, 6) is -0.954. The summed E-state index contributed by atoms with van der Waals surface area (Å²) in [6.07, 6.45) is 4.48. The molecule has 184 valence electrons.